The second-order valence-electron chi connectivity index (χ2n) is 7.73. The molecule has 0 atom stereocenters. The minimum atomic E-state index is -0.285. The molecule has 0 spiro atoms. The molecule has 3 aromatic rings. The van der Waals surface area contributed by atoms with Crippen LogP contribution in [-0.2, 0) is 11.3 Å². The maximum atomic E-state index is 14.0. The van der Waals surface area contributed by atoms with Crippen molar-refractivity contribution in [3.05, 3.63) is 59.9 Å². The van der Waals surface area contributed by atoms with Gasteiger partial charge in [-0.1, -0.05) is 30.0 Å². The van der Waals surface area contributed by atoms with Gasteiger partial charge in [0.05, 0.1) is 5.75 Å². The maximum absolute atomic E-state index is 14.0. The van der Waals surface area contributed by atoms with E-state index in [2.05, 4.69) is 28.9 Å². The van der Waals surface area contributed by atoms with Crippen LogP contribution in [0.4, 0.5) is 10.1 Å². The Kier molecular flexibility index (Phi) is 7.09. The molecule has 1 aliphatic carbocycles. The van der Waals surface area contributed by atoms with Gasteiger partial charge in [0, 0.05) is 42.5 Å². The van der Waals surface area contributed by atoms with Crippen molar-refractivity contribution >= 4 is 23.4 Å². The van der Waals surface area contributed by atoms with Crippen LogP contribution in [0.5, 0.6) is 0 Å². The van der Waals surface area contributed by atoms with E-state index >= 15 is 0 Å². The molecule has 0 saturated heterocycles. The number of amides is 1. The summed E-state index contributed by atoms with van der Waals surface area (Å²) in [4.78, 5) is 16.9. The highest BCUT2D eigenvalue weighted by atomic mass is 32.2. The molecule has 0 aliphatic heterocycles. The first kappa shape index (κ1) is 22.3. The van der Waals surface area contributed by atoms with E-state index in [1.807, 2.05) is 24.3 Å². The Morgan fingerprint density at radius 1 is 1.09 bits per heavy atom. The third kappa shape index (κ3) is 5.30. The van der Waals surface area contributed by atoms with Crippen molar-refractivity contribution in [1.29, 1.82) is 0 Å². The van der Waals surface area contributed by atoms with Crippen LogP contribution in [0.2, 0.25) is 0 Å². The van der Waals surface area contributed by atoms with Gasteiger partial charge in [-0.15, -0.1) is 10.2 Å². The standard InChI is InChI=1S/C24H27FN4O2S/c1-3-28(4-2)19-11-9-17(10-12-19)23-26-27-24(31-23)32-16-22(30)29(20-13-14-20)15-18-7-5-6-8-21(18)25/h5-12,20H,3-4,13-16H2,1-2H3. The van der Waals surface area contributed by atoms with Gasteiger partial charge in [-0.05, 0) is 57.0 Å². The van der Waals surface area contributed by atoms with E-state index in [9.17, 15) is 9.18 Å². The lowest BCUT2D eigenvalue weighted by molar-refractivity contribution is -0.129. The number of hydrogen-bond donors (Lipinski definition) is 0. The molecule has 2 aromatic carbocycles. The highest BCUT2D eigenvalue weighted by Crippen LogP contribution is 2.31. The maximum Gasteiger partial charge on any atom is 0.277 e. The van der Waals surface area contributed by atoms with Crippen molar-refractivity contribution in [3.8, 4) is 11.5 Å². The molecule has 0 unspecified atom stereocenters. The van der Waals surface area contributed by atoms with Crippen LogP contribution in [0.25, 0.3) is 11.5 Å². The first-order valence-electron chi connectivity index (χ1n) is 10.9. The highest BCUT2D eigenvalue weighted by Gasteiger charge is 2.33. The average molecular weight is 455 g/mol. The predicted octanol–water partition coefficient (Wildman–Crippen LogP) is 5.01. The normalized spacial score (nSPS) is 13.2. The van der Waals surface area contributed by atoms with E-state index in [4.69, 9.17) is 4.42 Å². The number of benzene rings is 2. The van der Waals surface area contributed by atoms with Crippen molar-refractivity contribution in [2.75, 3.05) is 23.7 Å². The van der Waals surface area contributed by atoms with E-state index in [0.29, 0.717) is 16.7 Å². The van der Waals surface area contributed by atoms with Crippen molar-refractivity contribution in [3.63, 3.8) is 0 Å². The van der Waals surface area contributed by atoms with Gasteiger partial charge in [-0.2, -0.15) is 0 Å². The molecular weight excluding hydrogens is 427 g/mol. The zero-order valence-corrected chi connectivity index (χ0v) is 19.1. The van der Waals surface area contributed by atoms with Crippen LogP contribution in [0.3, 0.4) is 0 Å². The summed E-state index contributed by atoms with van der Waals surface area (Å²) in [5.41, 5.74) is 2.52. The van der Waals surface area contributed by atoms with E-state index in [1.54, 1.807) is 23.1 Å². The molecule has 0 N–H and O–H groups in total. The zero-order valence-electron chi connectivity index (χ0n) is 18.3. The summed E-state index contributed by atoms with van der Waals surface area (Å²) < 4.78 is 19.8. The van der Waals surface area contributed by atoms with Gasteiger partial charge in [0.15, 0.2) is 0 Å². The van der Waals surface area contributed by atoms with Gasteiger partial charge in [-0.25, -0.2) is 4.39 Å². The van der Waals surface area contributed by atoms with Crippen LogP contribution < -0.4 is 4.90 Å². The Morgan fingerprint density at radius 2 is 1.81 bits per heavy atom. The predicted molar refractivity (Wildman–Crippen MR) is 124 cm³/mol. The van der Waals surface area contributed by atoms with Crippen LogP contribution >= 0.6 is 11.8 Å². The molecule has 6 nitrogen and oxygen atoms in total. The lowest BCUT2D eigenvalue weighted by atomic mass is 10.2. The number of carbonyl (C=O) groups excluding carboxylic acids is 1. The van der Waals surface area contributed by atoms with Crippen molar-refractivity contribution in [2.24, 2.45) is 0 Å². The quantitative estimate of drug-likeness (QED) is 0.402. The third-order valence-corrected chi connectivity index (χ3v) is 6.38. The number of rotatable bonds is 10. The van der Waals surface area contributed by atoms with Gasteiger partial charge in [-0.3, -0.25) is 4.79 Å². The molecule has 0 bridgehead atoms. The van der Waals surface area contributed by atoms with Crippen LogP contribution in [0.15, 0.2) is 58.2 Å². The molecule has 1 saturated carbocycles. The molecule has 1 amide bonds. The van der Waals surface area contributed by atoms with Crippen molar-refractivity contribution < 1.29 is 13.6 Å². The summed E-state index contributed by atoms with van der Waals surface area (Å²) in [6.07, 6.45) is 1.91. The number of aromatic nitrogens is 2. The number of hydrogen-bond acceptors (Lipinski definition) is 6. The summed E-state index contributed by atoms with van der Waals surface area (Å²) in [6.45, 7) is 6.42. The molecule has 32 heavy (non-hydrogen) atoms. The molecule has 168 valence electrons. The van der Waals surface area contributed by atoms with Gasteiger partial charge >= 0.3 is 0 Å². The zero-order chi connectivity index (χ0) is 22.5. The third-order valence-electron chi connectivity index (χ3n) is 5.57. The summed E-state index contributed by atoms with van der Waals surface area (Å²) >= 11 is 1.21. The van der Waals surface area contributed by atoms with Gasteiger partial charge in [0.25, 0.3) is 5.22 Å². The molecule has 1 aliphatic rings. The van der Waals surface area contributed by atoms with Crippen LogP contribution in [-0.4, -0.2) is 45.9 Å². The Labute approximate surface area is 191 Å². The largest absolute Gasteiger partial charge is 0.411 e. The van der Waals surface area contributed by atoms with Crippen LogP contribution in [0, 0.1) is 5.82 Å². The summed E-state index contributed by atoms with van der Waals surface area (Å²) in [6, 6.07) is 14.8. The van der Waals surface area contributed by atoms with Gasteiger partial charge < -0.3 is 14.2 Å². The molecule has 1 heterocycles. The van der Waals surface area contributed by atoms with E-state index < -0.39 is 0 Å². The SMILES string of the molecule is CCN(CC)c1ccc(-c2nnc(SCC(=O)N(Cc3ccccc3F)C3CC3)o2)cc1. The Bertz CT molecular complexity index is 1050. The molecule has 8 heteroatoms. The fourth-order valence-corrected chi connectivity index (χ4v) is 4.26. The Hall–Kier alpha value is -2.87. The first-order chi connectivity index (χ1) is 15.6. The molecule has 1 aromatic heterocycles. The van der Waals surface area contributed by atoms with Crippen molar-refractivity contribution in [1.82, 2.24) is 15.1 Å². The molecule has 4 rings (SSSR count). The van der Waals surface area contributed by atoms with E-state index in [-0.39, 0.29) is 30.1 Å². The monoisotopic (exact) mass is 454 g/mol. The number of thioether (sulfide) groups is 1. The number of carbonyl (C=O) groups is 1. The van der Waals surface area contributed by atoms with Gasteiger partial charge in [0.2, 0.25) is 11.8 Å². The lowest BCUT2D eigenvalue weighted by Crippen LogP contribution is -2.34. The number of anilines is 1. The fourth-order valence-electron chi connectivity index (χ4n) is 3.61. The van der Waals surface area contributed by atoms with E-state index in [1.165, 1.54) is 17.8 Å². The Balaban J connectivity index is 1.37. The van der Waals surface area contributed by atoms with Crippen molar-refractivity contribution in [2.45, 2.75) is 44.5 Å². The summed E-state index contributed by atoms with van der Waals surface area (Å²) in [7, 11) is 0. The number of halogens is 1. The van der Waals surface area contributed by atoms with Crippen LogP contribution in [0.1, 0.15) is 32.3 Å². The Morgan fingerprint density at radius 3 is 2.47 bits per heavy atom. The topological polar surface area (TPSA) is 62.5 Å². The smallest absolute Gasteiger partial charge is 0.277 e. The second kappa shape index (κ2) is 10.2. The van der Waals surface area contributed by atoms with Gasteiger partial charge in [0.1, 0.15) is 5.82 Å². The fraction of sp³-hybridized carbons (Fsp3) is 0.375. The highest BCUT2D eigenvalue weighted by molar-refractivity contribution is 7.99. The molecular formula is C24H27FN4O2S. The lowest BCUT2D eigenvalue weighted by Gasteiger charge is -2.22. The molecule has 0 radical (unpaired) electrons. The first-order valence-corrected chi connectivity index (χ1v) is 11.9. The average Bonchev–Trinajstić information content (AvgIpc) is 3.55. The molecule has 1 fully saturated rings. The number of nitrogens with zero attached hydrogens (tertiary/aromatic N) is 4. The summed E-state index contributed by atoms with van der Waals surface area (Å²) in [5, 5.41) is 8.55. The minimum absolute atomic E-state index is 0.0518. The second-order valence-corrected chi connectivity index (χ2v) is 8.65. The van der Waals surface area contributed by atoms with E-state index in [0.717, 1.165) is 37.2 Å². The summed E-state index contributed by atoms with van der Waals surface area (Å²) in [5.74, 6) is 0.265. The minimum Gasteiger partial charge on any atom is -0.411 e.